The Morgan fingerprint density at radius 3 is 2.39 bits per heavy atom. The SMILES string of the molecule is CCOc1cc(/C=N\NC(=O)c2ccccc2OCc2ccccc2)cc(Br)c1OCc1cccc(Cl)c1. The number of carbonyl (C=O) groups is 1. The number of halogens is 2. The van der Waals surface area contributed by atoms with Gasteiger partial charge in [0.25, 0.3) is 5.91 Å². The molecule has 0 heterocycles. The predicted octanol–water partition coefficient (Wildman–Crippen LogP) is 7.42. The van der Waals surface area contributed by atoms with Crippen molar-refractivity contribution in [1.29, 1.82) is 0 Å². The Bertz CT molecular complexity index is 1410. The number of hydrazone groups is 1. The van der Waals surface area contributed by atoms with Crippen molar-refractivity contribution >= 4 is 39.7 Å². The third-order valence-electron chi connectivity index (χ3n) is 5.35. The molecule has 0 fully saturated rings. The molecule has 0 radical (unpaired) electrons. The maximum absolute atomic E-state index is 12.8. The summed E-state index contributed by atoms with van der Waals surface area (Å²) in [6.07, 6.45) is 1.54. The molecule has 0 aliphatic heterocycles. The van der Waals surface area contributed by atoms with Crippen LogP contribution in [0.5, 0.6) is 17.2 Å². The summed E-state index contributed by atoms with van der Waals surface area (Å²) in [5, 5.41) is 4.79. The highest BCUT2D eigenvalue weighted by atomic mass is 79.9. The summed E-state index contributed by atoms with van der Waals surface area (Å²) in [5.41, 5.74) is 5.63. The van der Waals surface area contributed by atoms with E-state index in [2.05, 4.69) is 26.5 Å². The minimum Gasteiger partial charge on any atom is -0.490 e. The van der Waals surface area contributed by atoms with Crippen molar-refractivity contribution < 1.29 is 19.0 Å². The lowest BCUT2D eigenvalue weighted by atomic mass is 10.2. The smallest absolute Gasteiger partial charge is 0.275 e. The number of para-hydroxylation sites is 1. The van der Waals surface area contributed by atoms with Crippen molar-refractivity contribution in [1.82, 2.24) is 5.43 Å². The Hall–Kier alpha value is -3.81. The molecule has 1 N–H and O–H groups in total. The van der Waals surface area contributed by atoms with E-state index in [9.17, 15) is 4.79 Å². The van der Waals surface area contributed by atoms with Gasteiger partial charge in [0.1, 0.15) is 19.0 Å². The van der Waals surface area contributed by atoms with E-state index in [-0.39, 0.29) is 5.91 Å². The normalized spacial score (nSPS) is 10.8. The first-order valence-electron chi connectivity index (χ1n) is 12.0. The molecule has 38 heavy (non-hydrogen) atoms. The van der Waals surface area contributed by atoms with Crippen LogP contribution in [0.2, 0.25) is 5.02 Å². The van der Waals surface area contributed by atoms with Crippen LogP contribution in [0.25, 0.3) is 0 Å². The van der Waals surface area contributed by atoms with Crippen molar-refractivity contribution in [3.63, 3.8) is 0 Å². The zero-order chi connectivity index (χ0) is 26.7. The zero-order valence-electron chi connectivity index (χ0n) is 20.7. The number of carbonyl (C=O) groups excluding carboxylic acids is 1. The molecule has 8 heteroatoms. The second-order valence-electron chi connectivity index (χ2n) is 8.15. The van der Waals surface area contributed by atoms with Crippen LogP contribution in [-0.2, 0) is 13.2 Å². The molecule has 0 saturated heterocycles. The molecule has 0 bridgehead atoms. The Morgan fingerprint density at radius 1 is 0.868 bits per heavy atom. The lowest BCUT2D eigenvalue weighted by Gasteiger charge is -2.15. The quantitative estimate of drug-likeness (QED) is 0.145. The Kier molecular flexibility index (Phi) is 9.78. The van der Waals surface area contributed by atoms with Gasteiger partial charge in [-0.2, -0.15) is 5.10 Å². The molecular formula is C30H26BrClN2O4. The van der Waals surface area contributed by atoms with E-state index in [0.29, 0.717) is 57.7 Å². The number of ether oxygens (including phenoxy) is 3. The molecular weight excluding hydrogens is 568 g/mol. The van der Waals surface area contributed by atoms with Gasteiger partial charge >= 0.3 is 0 Å². The number of nitrogens with zero attached hydrogens (tertiary/aromatic N) is 1. The third kappa shape index (κ3) is 7.60. The first kappa shape index (κ1) is 27.2. The van der Waals surface area contributed by atoms with Gasteiger partial charge in [0, 0.05) is 5.02 Å². The van der Waals surface area contributed by atoms with E-state index < -0.39 is 0 Å². The molecule has 4 aromatic rings. The minimum atomic E-state index is -0.379. The molecule has 0 aliphatic carbocycles. The summed E-state index contributed by atoms with van der Waals surface area (Å²) in [6, 6.07) is 27.9. The Balaban J connectivity index is 1.43. The van der Waals surface area contributed by atoms with E-state index in [4.69, 9.17) is 25.8 Å². The van der Waals surface area contributed by atoms with Gasteiger partial charge in [-0.1, -0.05) is 66.2 Å². The highest BCUT2D eigenvalue weighted by Crippen LogP contribution is 2.37. The van der Waals surface area contributed by atoms with Crippen LogP contribution in [0.1, 0.15) is 34.0 Å². The van der Waals surface area contributed by atoms with E-state index in [0.717, 1.165) is 11.1 Å². The standard InChI is InChI=1S/C30H26BrClN2O4/c1-2-36-28-17-23(16-26(31)29(28)38-20-22-11-8-12-24(32)15-22)18-33-34-30(35)25-13-6-7-14-27(25)37-19-21-9-4-3-5-10-21/h3-18H,2,19-20H2,1H3,(H,34,35)/b33-18-. The van der Waals surface area contributed by atoms with Crippen molar-refractivity contribution in [2.24, 2.45) is 5.10 Å². The summed E-state index contributed by atoms with van der Waals surface area (Å²) in [4.78, 5) is 12.8. The first-order chi connectivity index (χ1) is 18.5. The topological polar surface area (TPSA) is 69.2 Å². The molecule has 0 unspecified atom stereocenters. The van der Waals surface area contributed by atoms with E-state index in [1.165, 1.54) is 0 Å². The van der Waals surface area contributed by atoms with Crippen molar-refractivity contribution in [2.75, 3.05) is 6.61 Å². The Labute approximate surface area is 235 Å². The molecule has 0 atom stereocenters. The van der Waals surface area contributed by atoms with Gasteiger partial charge in [0.2, 0.25) is 0 Å². The summed E-state index contributed by atoms with van der Waals surface area (Å²) in [5.74, 6) is 1.22. The van der Waals surface area contributed by atoms with Crippen LogP contribution in [0.3, 0.4) is 0 Å². The molecule has 0 spiro atoms. The maximum atomic E-state index is 12.8. The zero-order valence-corrected chi connectivity index (χ0v) is 23.0. The fraction of sp³-hybridized carbons (Fsp3) is 0.133. The van der Waals surface area contributed by atoms with Gasteiger partial charge in [-0.05, 0) is 75.9 Å². The van der Waals surface area contributed by atoms with Crippen LogP contribution in [0.4, 0.5) is 0 Å². The molecule has 194 valence electrons. The van der Waals surface area contributed by atoms with Gasteiger partial charge in [0.05, 0.1) is 22.9 Å². The number of nitrogens with one attached hydrogen (secondary N) is 1. The largest absolute Gasteiger partial charge is 0.490 e. The molecule has 0 aliphatic rings. The number of benzene rings is 4. The number of hydrogen-bond acceptors (Lipinski definition) is 5. The van der Waals surface area contributed by atoms with Crippen molar-refractivity contribution in [2.45, 2.75) is 20.1 Å². The van der Waals surface area contributed by atoms with Crippen molar-refractivity contribution in [3.05, 3.63) is 123 Å². The second kappa shape index (κ2) is 13.7. The van der Waals surface area contributed by atoms with Crippen molar-refractivity contribution in [3.8, 4) is 17.2 Å². The summed E-state index contributed by atoms with van der Waals surface area (Å²) in [7, 11) is 0. The van der Waals surface area contributed by atoms with Crippen LogP contribution >= 0.6 is 27.5 Å². The van der Waals surface area contributed by atoms with E-state index >= 15 is 0 Å². The van der Waals surface area contributed by atoms with Gasteiger partial charge in [-0.25, -0.2) is 5.43 Å². The molecule has 4 aromatic carbocycles. The minimum absolute atomic E-state index is 0.328. The van der Waals surface area contributed by atoms with Gasteiger partial charge in [0.15, 0.2) is 11.5 Å². The summed E-state index contributed by atoms with van der Waals surface area (Å²) < 4.78 is 18.4. The highest BCUT2D eigenvalue weighted by molar-refractivity contribution is 9.10. The van der Waals surface area contributed by atoms with Gasteiger partial charge in [-0.3, -0.25) is 4.79 Å². The molecule has 6 nitrogen and oxygen atoms in total. The highest BCUT2D eigenvalue weighted by Gasteiger charge is 2.14. The maximum Gasteiger partial charge on any atom is 0.275 e. The first-order valence-corrected chi connectivity index (χ1v) is 13.1. The van der Waals surface area contributed by atoms with Crippen LogP contribution in [0.15, 0.2) is 101 Å². The van der Waals surface area contributed by atoms with Crippen LogP contribution in [-0.4, -0.2) is 18.7 Å². The lowest BCUT2D eigenvalue weighted by Crippen LogP contribution is -2.18. The third-order valence-corrected chi connectivity index (χ3v) is 6.18. The van der Waals surface area contributed by atoms with E-state index in [1.54, 1.807) is 30.5 Å². The number of hydrogen-bond donors (Lipinski definition) is 1. The average molecular weight is 594 g/mol. The fourth-order valence-electron chi connectivity index (χ4n) is 3.59. The molecule has 4 rings (SSSR count). The summed E-state index contributed by atoms with van der Waals surface area (Å²) in [6.45, 7) is 3.03. The van der Waals surface area contributed by atoms with Gasteiger partial charge < -0.3 is 14.2 Å². The fourth-order valence-corrected chi connectivity index (χ4v) is 4.38. The monoisotopic (exact) mass is 592 g/mol. The average Bonchev–Trinajstić information content (AvgIpc) is 2.92. The predicted molar refractivity (Wildman–Crippen MR) is 153 cm³/mol. The summed E-state index contributed by atoms with van der Waals surface area (Å²) >= 11 is 9.64. The molecule has 0 saturated carbocycles. The molecule has 0 aromatic heterocycles. The Morgan fingerprint density at radius 2 is 1.61 bits per heavy atom. The number of rotatable bonds is 11. The van der Waals surface area contributed by atoms with Gasteiger partial charge in [-0.15, -0.1) is 0 Å². The van der Waals surface area contributed by atoms with Crippen LogP contribution < -0.4 is 19.6 Å². The molecule has 1 amide bonds. The second-order valence-corrected chi connectivity index (χ2v) is 9.44. The lowest BCUT2D eigenvalue weighted by molar-refractivity contribution is 0.0950. The van der Waals surface area contributed by atoms with Crippen LogP contribution in [0, 0.1) is 0 Å². The number of amides is 1. The van der Waals surface area contributed by atoms with E-state index in [1.807, 2.05) is 73.7 Å².